The highest BCUT2D eigenvalue weighted by Crippen LogP contribution is 2.46. The minimum atomic E-state index is -0.915. The van der Waals surface area contributed by atoms with Gasteiger partial charge in [0.2, 0.25) is 0 Å². The molecular formula is C24H23N3O2S2. The van der Waals surface area contributed by atoms with Crippen LogP contribution in [-0.2, 0) is 0 Å². The molecule has 0 spiro atoms. The van der Waals surface area contributed by atoms with Crippen LogP contribution < -0.4 is 5.32 Å². The first-order valence-corrected chi connectivity index (χ1v) is 11.8. The molecule has 0 saturated heterocycles. The van der Waals surface area contributed by atoms with Gasteiger partial charge >= 0.3 is 5.97 Å². The van der Waals surface area contributed by atoms with E-state index in [1.165, 1.54) is 25.0 Å². The molecule has 2 aromatic carbocycles. The molecule has 0 atom stereocenters. The third kappa shape index (κ3) is 4.00. The van der Waals surface area contributed by atoms with Gasteiger partial charge in [0.15, 0.2) is 5.17 Å². The Morgan fingerprint density at radius 2 is 1.74 bits per heavy atom. The SMILES string of the molecule is O=C(O)c1ccc(-c2ccc(NC(=S)C3=C(C4CCC4)N4CCCN=C4S3)cc2)cc1. The molecule has 7 heteroatoms. The maximum Gasteiger partial charge on any atom is 0.335 e. The Hall–Kier alpha value is -2.64. The number of allylic oxidation sites excluding steroid dienone is 1. The summed E-state index contributed by atoms with van der Waals surface area (Å²) in [7, 11) is 0. The summed E-state index contributed by atoms with van der Waals surface area (Å²) in [6, 6.07) is 15.0. The molecule has 2 aliphatic heterocycles. The van der Waals surface area contributed by atoms with Crippen LogP contribution in [0.15, 0.2) is 64.1 Å². The summed E-state index contributed by atoms with van der Waals surface area (Å²) in [4.78, 5) is 20.1. The fourth-order valence-electron chi connectivity index (χ4n) is 4.15. The number of thioether (sulfide) groups is 1. The standard InChI is InChI=1S/C24H23N3O2S2/c28-23(29)18-7-5-15(6-8-18)16-9-11-19(12-10-16)26-22(30)21-20(17-3-1-4-17)27-14-2-13-25-24(27)31-21/h5-12,17H,1-4,13-14H2,(H,26,30)(H,28,29). The molecule has 0 bridgehead atoms. The van der Waals surface area contributed by atoms with Crippen LogP contribution in [-0.4, -0.2) is 39.2 Å². The van der Waals surface area contributed by atoms with E-state index in [4.69, 9.17) is 22.3 Å². The number of rotatable bonds is 5. The van der Waals surface area contributed by atoms with E-state index in [0.717, 1.165) is 51.4 Å². The summed E-state index contributed by atoms with van der Waals surface area (Å²) < 4.78 is 0. The second-order valence-corrected chi connectivity index (χ2v) is 9.41. The molecule has 158 valence electrons. The molecule has 5 nitrogen and oxygen atoms in total. The van der Waals surface area contributed by atoms with Crippen molar-refractivity contribution in [2.45, 2.75) is 25.7 Å². The number of nitrogens with zero attached hydrogens (tertiary/aromatic N) is 2. The number of carbonyl (C=O) groups is 1. The lowest BCUT2D eigenvalue weighted by atomic mass is 9.82. The molecule has 31 heavy (non-hydrogen) atoms. The van der Waals surface area contributed by atoms with Crippen molar-refractivity contribution >= 4 is 45.8 Å². The molecule has 0 amide bonds. The van der Waals surface area contributed by atoms with Crippen molar-refractivity contribution in [3.63, 3.8) is 0 Å². The van der Waals surface area contributed by atoms with Crippen molar-refractivity contribution < 1.29 is 9.90 Å². The fraction of sp³-hybridized carbons (Fsp3) is 0.292. The van der Waals surface area contributed by atoms with Crippen molar-refractivity contribution in [3.8, 4) is 11.1 Å². The largest absolute Gasteiger partial charge is 0.478 e. The van der Waals surface area contributed by atoms with E-state index >= 15 is 0 Å². The number of carboxylic acids is 1. The average Bonchev–Trinajstić information content (AvgIpc) is 3.13. The number of aromatic carboxylic acids is 1. The van der Waals surface area contributed by atoms with Crippen LogP contribution >= 0.6 is 24.0 Å². The van der Waals surface area contributed by atoms with Gasteiger partial charge in [-0.25, -0.2) is 4.79 Å². The summed E-state index contributed by atoms with van der Waals surface area (Å²) in [6.45, 7) is 1.94. The third-order valence-corrected chi connectivity index (χ3v) is 7.63. The van der Waals surface area contributed by atoms with Crippen LogP contribution in [0.4, 0.5) is 5.69 Å². The van der Waals surface area contributed by atoms with E-state index < -0.39 is 5.97 Å². The number of benzene rings is 2. The predicted octanol–water partition coefficient (Wildman–Crippen LogP) is 5.61. The van der Waals surface area contributed by atoms with Crippen molar-refractivity contribution in [2.75, 3.05) is 18.4 Å². The van der Waals surface area contributed by atoms with Crippen LogP contribution in [0.5, 0.6) is 0 Å². The van der Waals surface area contributed by atoms with Gasteiger partial charge in [-0.15, -0.1) is 0 Å². The number of fused-ring (bicyclic) bond motifs is 1. The number of carboxylic acid groups (broad SMARTS) is 1. The highest BCUT2D eigenvalue weighted by Gasteiger charge is 2.38. The van der Waals surface area contributed by atoms with E-state index in [9.17, 15) is 4.79 Å². The first kappa shape index (κ1) is 20.3. The van der Waals surface area contributed by atoms with Gasteiger partial charge < -0.3 is 15.3 Å². The Labute approximate surface area is 191 Å². The molecule has 3 aliphatic rings. The summed E-state index contributed by atoms with van der Waals surface area (Å²) in [5.41, 5.74) is 4.63. The highest BCUT2D eigenvalue weighted by atomic mass is 32.2. The van der Waals surface area contributed by atoms with Gasteiger partial charge in [0, 0.05) is 30.4 Å². The lowest BCUT2D eigenvalue weighted by Crippen LogP contribution is -2.34. The molecule has 1 aliphatic carbocycles. The average molecular weight is 450 g/mol. The Morgan fingerprint density at radius 3 is 2.35 bits per heavy atom. The van der Waals surface area contributed by atoms with Gasteiger partial charge in [0.1, 0.15) is 4.99 Å². The predicted molar refractivity (Wildman–Crippen MR) is 131 cm³/mol. The number of hydrogen-bond donors (Lipinski definition) is 2. The molecular weight excluding hydrogens is 426 g/mol. The normalized spacial score (nSPS) is 18.3. The summed E-state index contributed by atoms with van der Waals surface area (Å²) in [6.07, 6.45) is 4.87. The monoisotopic (exact) mass is 449 g/mol. The highest BCUT2D eigenvalue weighted by molar-refractivity contribution is 8.18. The molecule has 1 saturated carbocycles. The van der Waals surface area contributed by atoms with E-state index in [1.807, 2.05) is 36.4 Å². The Morgan fingerprint density at radius 1 is 1.06 bits per heavy atom. The zero-order valence-corrected chi connectivity index (χ0v) is 18.6. The minimum absolute atomic E-state index is 0.290. The van der Waals surface area contributed by atoms with Crippen molar-refractivity contribution in [3.05, 3.63) is 64.7 Å². The van der Waals surface area contributed by atoms with E-state index in [1.54, 1.807) is 23.9 Å². The molecule has 2 heterocycles. The second kappa shape index (κ2) is 8.48. The fourth-order valence-corrected chi connectivity index (χ4v) is 5.66. The van der Waals surface area contributed by atoms with Crippen molar-refractivity contribution in [1.82, 2.24) is 4.90 Å². The number of hydrogen-bond acceptors (Lipinski definition) is 5. The van der Waals surface area contributed by atoms with Crippen molar-refractivity contribution in [2.24, 2.45) is 10.9 Å². The molecule has 0 unspecified atom stereocenters. The van der Waals surface area contributed by atoms with E-state index in [0.29, 0.717) is 5.92 Å². The van der Waals surface area contributed by atoms with E-state index in [2.05, 4.69) is 10.2 Å². The van der Waals surface area contributed by atoms with Crippen LogP contribution in [0.2, 0.25) is 0 Å². The van der Waals surface area contributed by atoms with Gasteiger partial charge in [-0.3, -0.25) is 4.99 Å². The van der Waals surface area contributed by atoms with Crippen LogP contribution in [0.3, 0.4) is 0 Å². The van der Waals surface area contributed by atoms with Gasteiger partial charge in [0.25, 0.3) is 0 Å². The Bertz CT molecular complexity index is 1090. The van der Waals surface area contributed by atoms with Gasteiger partial charge in [-0.1, -0.05) is 42.9 Å². The Kier molecular flexibility index (Phi) is 5.54. The maximum absolute atomic E-state index is 11.0. The smallest absolute Gasteiger partial charge is 0.335 e. The molecule has 5 rings (SSSR count). The maximum atomic E-state index is 11.0. The van der Waals surface area contributed by atoms with Gasteiger partial charge in [0.05, 0.1) is 10.5 Å². The number of aliphatic imine (C=N–C) groups is 1. The van der Waals surface area contributed by atoms with Crippen LogP contribution in [0, 0.1) is 5.92 Å². The first-order valence-electron chi connectivity index (χ1n) is 10.6. The molecule has 2 aromatic rings. The molecule has 0 radical (unpaired) electrons. The summed E-state index contributed by atoms with van der Waals surface area (Å²) >= 11 is 7.54. The zero-order valence-electron chi connectivity index (χ0n) is 17.0. The van der Waals surface area contributed by atoms with Crippen LogP contribution in [0.25, 0.3) is 11.1 Å². The van der Waals surface area contributed by atoms with Crippen molar-refractivity contribution in [1.29, 1.82) is 0 Å². The number of amidine groups is 1. The summed E-state index contributed by atoms with van der Waals surface area (Å²) in [5.74, 6) is -0.314. The van der Waals surface area contributed by atoms with Crippen LogP contribution in [0.1, 0.15) is 36.0 Å². The number of thiocarbonyl (C=S) groups is 1. The number of anilines is 1. The number of nitrogens with one attached hydrogen (secondary N) is 1. The lowest BCUT2D eigenvalue weighted by Gasteiger charge is -2.34. The first-order chi connectivity index (χ1) is 15.1. The molecule has 2 N–H and O–H groups in total. The lowest BCUT2D eigenvalue weighted by molar-refractivity contribution is 0.0697. The van der Waals surface area contributed by atoms with Gasteiger partial charge in [-0.2, -0.15) is 0 Å². The summed E-state index contributed by atoms with van der Waals surface area (Å²) in [5, 5.41) is 13.6. The zero-order chi connectivity index (χ0) is 21.4. The quantitative estimate of drug-likeness (QED) is 0.579. The van der Waals surface area contributed by atoms with E-state index in [-0.39, 0.29) is 5.56 Å². The van der Waals surface area contributed by atoms with Gasteiger partial charge in [-0.05, 0) is 66.4 Å². The second-order valence-electron chi connectivity index (χ2n) is 8.03. The Balaban J connectivity index is 1.33. The minimum Gasteiger partial charge on any atom is -0.478 e. The third-order valence-electron chi connectivity index (χ3n) is 6.04. The molecule has 1 fully saturated rings. The topological polar surface area (TPSA) is 64.9 Å². The molecule has 0 aromatic heterocycles.